The number of hydrogen-bond donors (Lipinski definition) is 1. The second-order valence-electron chi connectivity index (χ2n) is 8.77. The zero-order valence-corrected chi connectivity index (χ0v) is 19.5. The van der Waals surface area contributed by atoms with Crippen molar-refractivity contribution < 1.29 is 23.5 Å². The number of fused-ring (bicyclic) bond motifs is 1. The summed E-state index contributed by atoms with van der Waals surface area (Å²) >= 11 is 0. The Morgan fingerprint density at radius 2 is 2.22 bits per heavy atom. The second-order valence-corrected chi connectivity index (χ2v) is 8.77. The number of aryl methyl sites for hydroxylation is 1. The molecule has 0 spiro atoms. The van der Waals surface area contributed by atoms with Gasteiger partial charge in [0.15, 0.2) is 0 Å². The molecule has 10 nitrogen and oxygen atoms in total. The Kier molecular flexibility index (Phi) is 6.25. The fourth-order valence-corrected chi connectivity index (χ4v) is 4.42. The van der Waals surface area contributed by atoms with E-state index in [4.69, 9.17) is 14.7 Å². The van der Waals surface area contributed by atoms with Crippen LogP contribution in [-0.4, -0.2) is 57.0 Å². The lowest BCUT2D eigenvalue weighted by molar-refractivity contribution is 0.0915. The number of nitriles is 1. The predicted octanol–water partition coefficient (Wildman–Crippen LogP) is 2.78. The van der Waals surface area contributed by atoms with Gasteiger partial charge in [-0.05, 0) is 17.7 Å². The lowest BCUT2D eigenvalue weighted by Gasteiger charge is -2.32. The number of cyclic esters (lactones) is 1. The van der Waals surface area contributed by atoms with Crippen LogP contribution in [0.3, 0.4) is 0 Å². The van der Waals surface area contributed by atoms with E-state index in [1.54, 1.807) is 47.2 Å². The van der Waals surface area contributed by atoms with Crippen LogP contribution in [0, 0.1) is 17.1 Å². The van der Waals surface area contributed by atoms with Crippen molar-refractivity contribution in [3.8, 4) is 22.9 Å². The van der Waals surface area contributed by atoms with Gasteiger partial charge >= 0.3 is 6.09 Å². The van der Waals surface area contributed by atoms with Crippen molar-refractivity contribution >= 4 is 12.0 Å². The molecule has 0 unspecified atom stereocenters. The van der Waals surface area contributed by atoms with Crippen molar-refractivity contribution in [2.45, 2.75) is 31.5 Å². The zero-order chi connectivity index (χ0) is 25.2. The first kappa shape index (κ1) is 23.3. The van der Waals surface area contributed by atoms with E-state index in [2.05, 4.69) is 15.4 Å². The van der Waals surface area contributed by atoms with E-state index in [-0.39, 0.29) is 36.0 Å². The van der Waals surface area contributed by atoms with Crippen LogP contribution >= 0.6 is 0 Å². The Morgan fingerprint density at radius 3 is 2.97 bits per heavy atom. The lowest BCUT2D eigenvalue weighted by atomic mass is 10.0. The Bertz CT molecular complexity index is 1370. The molecule has 2 atom stereocenters. The minimum Gasteiger partial charge on any atom is -0.489 e. The highest BCUT2D eigenvalue weighted by Crippen LogP contribution is 2.33. The number of piperidine rings is 1. The molecule has 2 aliphatic rings. The Balaban J connectivity index is 1.35. The summed E-state index contributed by atoms with van der Waals surface area (Å²) in [5.74, 6) is -0.609. The predicted molar refractivity (Wildman–Crippen MR) is 124 cm³/mol. The number of benzene rings is 1. The molecular formula is C25H23FN6O4. The van der Waals surface area contributed by atoms with Crippen LogP contribution in [0.5, 0.6) is 5.75 Å². The van der Waals surface area contributed by atoms with E-state index in [0.717, 1.165) is 5.56 Å². The first-order valence-corrected chi connectivity index (χ1v) is 11.5. The highest BCUT2D eigenvalue weighted by Gasteiger charge is 2.39. The number of amides is 2. The number of carbonyl (C=O) groups excluding carboxylic acids is 2. The molecule has 0 saturated carbocycles. The minimum absolute atomic E-state index is 0.0319. The smallest absolute Gasteiger partial charge is 0.410 e. The van der Waals surface area contributed by atoms with Crippen molar-refractivity contribution in [2.24, 2.45) is 7.05 Å². The molecule has 184 valence electrons. The van der Waals surface area contributed by atoms with Gasteiger partial charge < -0.3 is 19.7 Å². The van der Waals surface area contributed by atoms with E-state index in [1.165, 1.54) is 12.1 Å². The van der Waals surface area contributed by atoms with Crippen LogP contribution in [0.2, 0.25) is 0 Å². The van der Waals surface area contributed by atoms with Crippen molar-refractivity contribution in [1.82, 2.24) is 25.0 Å². The number of nitrogens with zero attached hydrogens (tertiary/aromatic N) is 5. The average Bonchev–Trinajstić information content (AvgIpc) is 3.47. The quantitative estimate of drug-likeness (QED) is 0.564. The first-order chi connectivity index (χ1) is 17.4. The van der Waals surface area contributed by atoms with E-state index in [0.29, 0.717) is 42.9 Å². The highest BCUT2D eigenvalue weighted by atomic mass is 19.1. The highest BCUT2D eigenvalue weighted by molar-refractivity contribution is 5.93. The molecule has 5 rings (SSSR count). The van der Waals surface area contributed by atoms with Gasteiger partial charge in [0.05, 0.1) is 17.8 Å². The first-order valence-electron chi connectivity index (χ1n) is 11.5. The van der Waals surface area contributed by atoms with Crippen LogP contribution in [0.1, 0.15) is 34.5 Å². The zero-order valence-electron chi connectivity index (χ0n) is 19.5. The molecule has 0 bridgehead atoms. The van der Waals surface area contributed by atoms with Crippen molar-refractivity contribution in [1.29, 1.82) is 5.26 Å². The molecule has 3 aromatic rings. The molecular weight excluding hydrogens is 467 g/mol. The molecule has 11 heteroatoms. The molecule has 0 radical (unpaired) electrons. The fourth-order valence-electron chi connectivity index (χ4n) is 4.42. The molecule has 4 heterocycles. The van der Waals surface area contributed by atoms with Crippen molar-refractivity contribution in [2.75, 3.05) is 13.2 Å². The SMILES string of the molecule is Cn1cc(-c2cnc(C(=O)NCc3ccc(C#N)c(F)c3)cc2O[C@H]2CCN3C(=O)OC[C@@H]3C2)cn1. The number of pyridine rings is 1. The van der Waals surface area contributed by atoms with E-state index in [9.17, 15) is 14.0 Å². The van der Waals surface area contributed by atoms with Gasteiger partial charge in [-0.25, -0.2) is 9.18 Å². The molecule has 2 aliphatic heterocycles. The number of ether oxygens (including phenoxy) is 2. The molecule has 2 fully saturated rings. The lowest BCUT2D eigenvalue weighted by Crippen LogP contribution is -2.44. The van der Waals surface area contributed by atoms with Crippen molar-refractivity contribution in [3.05, 3.63) is 65.5 Å². The molecule has 2 amide bonds. The molecule has 2 aromatic heterocycles. The van der Waals surface area contributed by atoms with Gasteiger partial charge in [-0.3, -0.25) is 14.5 Å². The summed E-state index contributed by atoms with van der Waals surface area (Å²) in [6, 6.07) is 7.49. The van der Waals surface area contributed by atoms with Crippen LogP contribution in [0.25, 0.3) is 11.1 Å². The van der Waals surface area contributed by atoms with Gasteiger partial charge in [0.2, 0.25) is 0 Å². The molecule has 2 saturated heterocycles. The number of nitrogens with one attached hydrogen (secondary N) is 1. The van der Waals surface area contributed by atoms with Crippen LogP contribution in [-0.2, 0) is 18.3 Å². The number of carbonyl (C=O) groups is 2. The number of hydrogen-bond acceptors (Lipinski definition) is 7. The standard InChI is InChI=1S/C25H23FN6O4/c1-31-13-17(11-30-31)20-12-28-22(24(33)29-10-15-2-3-16(9-27)21(26)6-15)8-23(20)36-19-4-5-32-18(7-19)14-35-25(32)34/h2-3,6,8,11-13,18-19H,4-5,7,10,14H2,1H3,(H,29,33)/t18-,19-/m0/s1. The largest absolute Gasteiger partial charge is 0.489 e. The Hall–Kier alpha value is -4.46. The number of rotatable bonds is 6. The summed E-state index contributed by atoms with van der Waals surface area (Å²) in [7, 11) is 1.80. The average molecular weight is 490 g/mol. The minimum atomic E-state index is -0.640. The number of halogens is 1. The summed E-state index contributed by atoms with van der Waals surface area (Å²) in [5.41, 5.74) is 2.08. The second kappa shape index (κ2) is 9.65. The van der Waals surface area contributed by atoms with Gasteiger partial charge in [0, 0.05) is 62.6 Å². The molecule has 1 aromatic carbocycles. The maximum Gasteiger partial charge on any atom is 0.410 e. The summed E-state index contributed by atoms with van der Waals surface area (Å²) < 4.78 is 27.1. The van der Waals surface area contributed by atoms with Gasteiger partial charge in [0.1, 0.15) is 36.0 Å². The van der Waals surface area contributed by atoms with Crippen LogP contribution < -0.4 is 10.1 Å². The van der Waals surface area contributed by atoms with Gasteiger partial charge in [0.25, 0.3) is 5.91 Å². The summed E-state index contributed by atoms with van der Waals surface area (Å²) in [6.45, 7) is 0.946. The van der Waals surface area contributed by atoms with E-state index in [1.807, 2.05) is 6.20 Å². The van der Waals surface area contributed by atoms with Crippen LogP contribution in [0.4, 0.5) is 9.18 Å². The molecule has 0 aliphatic carbocycles. The Labute approximate surface area is 206 Å². The maximum absolute atomic E-state index is 13.9. The van der Waals surface area contributed by atoms with Crippen molar-refractivity contribution in [3.63, 3.8) is 0 Å². The summed E-state index contributed by atoms with van der Waals surface area (Å²) in [5, 5.41) is 15.8. The third-order valence-corrected chi connectivity index (χ3v) is 6.32. The van der Waals surface area contributed by atoms with E-state index >= 15 is 0 Å². The maximum atomic E-state index is 13.9. The van der Waals surface area contributed by atoms with Crippen LogP contribution in [0.15, 0.2) is 42.9 Å². The van der Waals surface area contributed by atoms with Gasteiger partial charge in [-0.2, -0.15) is 10.4 Å². The third kappa shape index (κ3) is 4.70. The molecule has 1 N–H and O–H groups in total. The van der Waals surface area contributed by atoms with Gasteiger partial charge in [-0.15, -0.1) is 0 Å². The summed E-state index contributed by atoms with van der Waals surface area (Å²) in [4.78, 5) is 30.7. The Morgan fingerprint density at radius 1 is 1.36 bits per heavy atom. The summed E-state index contributed by atoms with van der Waals surface area (Å²) in [6.07, 6.45) is 5.87. The third-order valence-electron chi connectivity index (χ3n) is 6.32. The topological polar surface area (TPSA) is 122 Å². The van der Waals surface area contributed by atoms with Gasteiger partial charge in [-0.1, -0.05) is 6.07 Å². The normalized spacial score (nSPS) is 18.8. The fraction of sp³-hybridized carbons (Fsp3) is 0.320. The monoisotopic (exact) mass is 490 g/mol. The van der Waals surface area contributed by atoms with E-state index < -0.39 is 11.7 Å². The molecule has 36 heavy (non-hydrogen) atoms. The number of aromatic nitrogens is 3.